The molecule has 1 aliphatic rings. The molecule has 3 aromatic rings. The summed E-state index contributed by atoms with van der Waals surface area (Å²) < 4.78 is 1.49. The first-order chi connectivity index (χ1) is 14.1. The Balaban J connectivity index is 1.58. The molecule has 0 unspecified atom stereocenters. The predicted molar refractivity (Wildman–Crippen MR) is 117 cm³/mol. The zero-order valence-corrected chi connectivity index (χ0v) is 17.9. The van der Waals surface area contributed by atoms with Crippen LogP contribution in [0.5, 0.6) is 0 Å². The number of nitrogens with zero attached hydrogens (tertiary/aromatic N) is 3. The highest BCUT2D eigenvalue weighted by atomic mass is 32.1. The van der Waals surface area contributed by atoms with Gasteiger partial charge in [0.25, 0.3) is 5.56 Å². The Labute approximate surface area is 175 Å². The lowest BCUT2D eigenvalue weighted by Gasteiger charge is -2.23. The van der Waals surface area contributed by atoms with Gasteiger partial charge in [-0.2, -0.15) is 0 Å². The largest absolute Gasteiger partial charge is 0.337 e. The number of fused-ring (bicyclic) bond motifs is 3. The van der Waals surface area contributed by atoms with Gasteiger partial charge >= 0.3 is 0 Å². The first-order valence-corrected chi connectivity index (χ1v) is 11.2. The van der Waals surface area contributed by atoms with Gasteiger partial charge in [-0.05, 0) is 50.2 Å². The molecule has 1 aliphatic carbocycles. The van der Waals surface area contributed by atoms with Crippen molar-refractivity contribution in [1.82, 2.24) is 14.5 Å². The molecule has 5 nitrogen and oxygen atoms in total. The standard InChI is InChI=1S/C23H27N3O2S/c1-3-12-25(13-17-10-8-16(2)9-11-17)20(27)14-26-15-24-22-21(23(26)28)18-6-4-5-7-19(18)29-22/h8-11,15H,3-7,12-14H2,1-2H3. The summed E-state index contributed by atoms with van der Waals surface area (Å²) in [7, 11) is 0. The van der Waals surface area contributed by atoms with Crippen molar-refractivity contribution in [3.8, 4) is 0 Å². The number of carbonyl (C=O) groups is 1. The second-order valence-corrected chi connectivity index (χ2v) is 8.95. The van der Waals surface area contributed by atoms with E-state index < -0.39 is 0 Å². The molecule has 1 aromatic carbocycles. The Morgan fingerprint density at radius 3 is 2.72 bits per heavy atom. The molecule has 0 saturated carbocycles. The number of amides is 1. The molecule has 0 N–H and O–H groups in total. The van der Waals surface area contributed by atoms with Gasteiger partial charge in [-0.3, -0.25) is 14.2 Å². The number of benzene rings is 1. The molecule has 4 rings (SSSR count). The first kappa shape index (κ1) is 19.8. The van der Waals surface area contributed by atoms with Crippen LogP contribution in [0, 0.1) is 6.92 Å². The number of hydrogen-bond acceptors (Lipinski definition) is 4. The third-order valence-electron chi connectivity index (χ3n) is 5.59. The molecule has 29 heavy (non-hydrogen) atoms. The van der Waals surface area contributed by atoms with Gasteiger partial charge in [0.2, 0.25) is 5.91 Å². The molecular formula is C23H27N3O2S. The highest BCUT2D eigenvalue weighted by molar-refractivity contribution is 7.18. The van der Waals surface area contributed by atoms with Crippen LogP contribution in [0.4, 0.5) is 0 Å². The van der Waals surface area contributed by atoms with Crippen LogP contribution >= 0.6 is 11.3 Å². The molecule has 152 valence electrons. The SMILES string of the molecule is CCCN(Cc1ccc(C)cc1)C(=O)Cn1cnc2sc3c(c2c1=O)CCCC3. The average molecular weight is 410 g/mol. The van der Waals surface area contributed by atoms with E-state index in [0.29, 0.717) is 13.1 Å². The number of carbonyl (C=O) groups excluding carboxylic acids is 1. The Morgan fingerprint density at radius 1 is 1.21 bits per heavy atom. The van der Waals surface area contributed by atoms with Crippen molar-refractivity contribution in [3.05, 3.63) is 62.5 Å². The fourth-order valence-electron chi connectivity index (χ4n) is 4.02. The molecular weight excluding hydrogens is 382 g/mol. The minimum absolute atomic E-state index is 0.0399. The monoisotopic (exact) mass is 409 g/mol. The number of thiophene rings is 1. The van der Waals surface area contributed by atoms with Crippen molar-refractivity contribution in [2.45, 2.75) is 59.0 Å². The van der Waals surface area contributed by atoms with E-state index >= 15 is 0 Å². The third kappa shape index (κ3) is 4.13. The summed E-state index contributed by atoms with van der Waals surface area (Å²) >= 11 is 1.64. The van der Waals surface area contributed by atoms with E-state index in [2.05, 4.69) is 43.1 Å². The fraction of sp³-hybridized carbons (Fsp3) is 0.435. The second-order valence-electron chi connectivity index (χ2n) is 7.87. The van der Waals surface area contributed by atoms with Crippen molar-refractivity contribution in [3.63, 3.8) is 0 Å². The molecule has 2 heterocycles. The van der Waals surface area contributed by atoms with Crippen LogP contribution in [-0.4, -0.2) is 26.9 Å². The van der Waals surface area contributed by atoms with E-state index in [1.54, 1.807) is 17.7 Å². The highest BCUT2D eigenvalue weighted by Crippen LogP contribution is 2.33. The normalized spacial score (nSPS) is 13.4. The van der Waals surface area contributed by atoms with Crippen molar-refractivity contribution in [2.75, 3.05) is 6.54 Å². The minimum Gasteiger partial charge on any atom is -0.337 e. The van der Waals surface area contributed by atoms with Crippen molar-refractivity contribution in [1.29, 1.82) is 0 Å². The average Bonchev–Trinajstić information content (AvgIpc) is 3.10. The smallest absolute Gasteiger partial charge is 0.262 e. The summed E-state index contributed by atoms with van der Waals surface area (Å²) in [5, 5.41) is 0.737. The summed E-state index contributed by atoms with van der Waals surface area (Å²) in [6, 6.07) is 8.24. The maximum Gasteiger partial charge on any atom is 0.262 e. The Kier molecular flexibility index (Phi) is 5.81. The fourth-order valence-corrected chi connectivity index (χ4v) is 5.23. The predicted octanol–water partition coefficient (Wildman–Crippen LogP) is 4.08. The quantitative estimate of drug-likeness (QED) is 0.616. The van der Waals surface area contributed by atoms with Crippen LogP contribution in [0.1, 0.15) is 47.8 Å². The van der Waals surface area contributed by atoms with Crippen LogP contribution < -0.4 is 5.56 Å². The lowest BCUT2D eigenvalue weighted by Crippen LogP contribution is -2.36. The van der Waals surface area contributed by atoms with Crippen molar-refractivity contribution < 1.29 is 4.79 Å². The van der Waals surface area contributed by atoms with E-state index in [4.69, 9.17) is 0 Å². The Morgan fingerprint density at radius 2 is 1.97 bits per heavy atom. The van der Waals surface area contributed by atoms with Gasteiger partial charge < -0.3 is 4.90 Å². The molecule has 0 aliphatic heterocycles. The molecule has 1 amide bonds. The molecule has 0 bridgehead atoms. The van der Waals surface area contributed by atoms with Gasteiger partial charge in [-0.15, -0.1) is 11.3 Å². The molecule has 6 heteroatoms. The van der Waals surface area contributed by atoms with Crippen molar-refractivity contribution >= 4 is 27.5 Å². The number of hydrogen-bond donors (Lipinski definition) is 0. The molecule has 0 radical (unpaired) electrons. The van der Waals surface area contributed by atoms with E-state index in [1.807, 2.05) is 4.90 Å². The van der Waals surface area contributed by atoms with E-state index in [9.17, 15) is 9.59 Å². The number of aromatic nitrogens is 2. The summed E-state index contributed by atoms with van der Waals surface area (Å²) in [6.07, 6.45) is 6.70. The second kappa shape index (κ2) is 8.49. The maximum absolute atomic E-state index is 13.1. The van der Waals surface area contributed by atoms with E-state index in [1.165, 1.54) is 27.0 Å². The Hall–Kier alpha value is -2.47. The maximum atomic E-state index is 13.1. The van der Waals surface area contributed by atoms with Gasteiger partial charge in [-0.1, -0.05) is 36.8 Å². The number of rotatable bonds is 6. The van der Waals surface area contributed by atoms with E-state index in [-0.39, 0.29) is 18.0 Å². The van der Waals surface area contributed by atoms with Gasteiger partial charge in [0.15, 0.2) is 0 Å². The Bertz CT molecular complexity index is 1080. The van der Waals surface area contributed by atoms with Crippen LogP contribution in [-0.2, 0) is 30.7 Å². The van der Waals surface area contributed by atoms with E-state index in [0.717, 1.165) is 41.5 Å². The molecule has 0 saturated heterocycles. The minimum atomic E-state index is -0.0745. The van der Waals surface area contributed by atoms with Crippen LogP contribution in [0.15, 0.2) is 35.4 Å². The number of aryl methyl sites for hydroxylation is 3. The zero-order valence-electron chi connectivity index (χ0n) is 17.1. The summed E-state index contributed by atoms with van der Waals surface area (Å²) in [4.78, 5) is 34.6. The van der Waals surface area contributed by atoms with Crippen molar-refractivity contribution in [2.24, 2.45) is 0 Å². The summed E-state index contributed by atoms with van der Waals surface area (Å²) in [6.45, 7) is 5.39. The zero-order chi connectivity index (χ0) is 20.4. The summed E-state index contributed by atoms with van der Waals surface area (Å²) in [5.74, 6) is -0.0419. The van der Waals surface area contributed by atoms with Crippen LogP contribution in [0.25, 0.3) is 10.2 Å². The van der Waals surface area contributed by atoms with Gasteiger partial charge in [0.1, 0.15) is 11.4 Å². The van der Waals surface area contributed by atoms with Gasteiger partial charge in [0, 0.05) is 18.0 Å². The lowest BCUT2D eigenvalue weighted by molar-refractivity contribution is -0.132. The van der Waals surface area contributed by atoms with Gasteiger partial charge in [0.05, 0.1) is 11.7 Å². The molecule has 0 spiro atoms. The molecule has 0 fully saturated rings. The lowest BCUT2D eigenvalue weighted by atomic mass is 9.97. The molecule has 0 atom stereocenters. The molecule has 2 aromatic heterocycles. The summed E-state index contributed by atoms with van der Waals surface area (Å²) in [5.41, 5.74) is 3.40. The highest BCUT2D eigenvalue weighted by Gasteiger charge is 2.21. The van der Waals surface area contributed by atoms with Crippen LogP contribution in [0.2, 0.25) is 0 Å². The van der Waals surface area contributed by atoms with Crippen LogP contribution in [0.3, 0.4) is 0 Å². The third-order valence-corrected chi connectivity index (χ3v) is 6.79. The first-order valence-electron chi connectivity index (χ1n) is 10.4. The topological polar surface area (TPSA) is 55.2 Å². The van der Waals surface area contributed by atoms with Gasteiger partial charge in [-0.25, -0.2) is 4.98 Å².